The number of rotatable bonds is 6. The number of alkyl halides is 3. The molecule has 9 nitrogen and oxygen atoms in total. The number of benzene rings is 2. The molecule has 2 heterocycles. The van der Waals surface area contributed by atoms with Crippen LogP contribution in [0.25, 0.3) is 16.6 Å². The first-order chi connectivity index (χ1) is 17.5. The maximum atomic E-state index is 13.9. The molecule has 4 aromatic rings. The third-order valence-corrected chi connectivity index (χ3v) is 5.63. The lowest BCUT2D eigenvalue weighted by Gasteiger charge is -2.12. The van der Waals surface area contributed by atoms with Gasteiger partial charge in [-0.3, -0.25) is 0 Å². The number of hydrogen-bond donors (Lipinski definition) is 5. The Kier molecular flexibility index (Phi) is 7.01. The van der Waals surface area contributed by atoms with Gasteiger partial charge in [0.15, 0.2) is 5.82 Å². The lowest BCUT2D eigenvalue weighted by Crippen LogP contribution is -2.20. The SMILES string of the molecule is CC(O)c1c(CCO)c(-c2ccc(NC(=O)Nc3cc(C(F)(F)F)ccc3F)cc2)c2c(N)ncnn12. The molecule has 0 saturated carbocycles. The molecule has 1 atom stereocenters. The molecule has 13 heteroatoms. The number of halogens is 4. The topological polar surface area (TPSA) is 138 Å². The number of nitrogens with one attached hydrogen (secondary N) is 2. The summed E-state index contributed by atoms with van der Waals surface area (Å²) in [5.41, 5.74) is 7.33. The molecule has 0 bridgehead atoms. The number of nitrogen functional groups attached to an aromatic ring is 1. The summed E-state index contributed by atoms with van der Waals surface area (Å²) < 4.78 is 54.2. The highest BCUT2D eigenvalue weighted by atomic mass is 19.4. The molecular weight excluding hydrogens is 496 g/mol. The molecule has 0 fully saturated rings. The first kappa shape index (κ1) is 25.9. The molecule has 194 valence electrons. The number of nitrogens with zero attached hydrogens (tertiary/aromatic N) is 3. The fourth-order valence-corrected chi connectivity index (χ4v) is 4.09. The molecule has 0 spiro atoms. The molecule has 2 aromatic heterocycles. The number of aromatic nitrogens is 3. The summed E-state index contributed by atoms with van der Waals surface area (Å²) in [6, 6.07) is 7.06. The van der Waals surface area contributed by atoms with Gasteiger partial charge in [-0.25, -0.2) is 18.7 Å². The molecule has 4 rings (SSSR count). The Hall–Kier alpha value is -4.23. The van der Waals surface area contributed by atoms with Crippen LogP contribution < -0.4 is 16.4 Å². The van der Waals surface area contributed by atoms with Crippen LogP contribution in [0.3, 0.4) is 0 Å². The van der Waals surface area contributed by atoms with Gasteiger partial charge >= 0.3 is 12.2 Å². The van der Waals surface area contributed by atoms with Crippen LogP contribution in [0.15, 0.2) is 48.8 Å². The zero-order chi connectivity index (χ0) is 26.9. The molecule has 6 N–H and O–H groups in total. The van der Waals surface area contributed by atoms with E-state index in [9.17, 15) is 32.6 Å². The molecule has 0 aliphatic heterocycles. The number of amides is 2. The van der Waals surface area contributed by atoms with Crippen molar-refractivity contribution in [1.82, 2.24) is 14.6 Å². The van der Waals surface area contributed by atoms with Gasteiger partial charge in [0.1, 0.15) is 17.7 Å². The number of carbonyl (C=O) groups is 1. The van der Waals surface area contributed by atoms with Gasteiger partial charge < -0.3 is 26.6 Å². The zero-order valence-electron chi connectivity index (χ0n) is 19.3. The Morgan fingerprint density at radius 2 is 1.86 bits per heavy atom. The minimum Gasteiger partial charge on any atom is -0.396 e. The van der Waals surface area contributed by atoms with Crippen LogP contribution in [0.1, 0.15) is 29.8 Å². The summed E-state index contributed by atoms with van der Waals surface area (Å²) in [6.45, 7) is 1.35. The van der Waals surface area contributed by atoms with E-state index in [4.69, 9.17) is 5.73 Å². The van der Waals surface area contributed by atoms with E-state index in [0.717, 1.165) is 0 Å². The summed E-state index contributed by atoms with van der Waals surface area (Å²) in [6.07, 6.45) is -4.18. The number of hydrogen-bond acceptors (Lipinski definition) is 6. The van der Waals surface area contributed by atoms with Gasteiger partial charge in [0.05, 0.1) is 23.0 Å². The van der Waals surface area contributed by atoms with Crippen LogP contribution >= 0.6 is 0 Å². The van der Waals surface area contributed by atoms with E-state index in [1.807, 2.05) is 0 Å². The summed E-state index contributed by atoms with van der Waals surface area (Å²) in [5.74, 6) is -0.870. The van der Waals surface area contributed by atoms with E-state index in [1.54, 1.807) is 19.1 Å². The van der Waals surface area contributed by atoms with Crippen LogP contribution in [0.4, 0.5) is 39.5 Å². The maximum absolute atomic E-state index is 13.9. The van der Waals surface area contributed by atoms with Crippen molar-refractivity contribution >= 4 is 28.7 Å². The van der Waals surface area contributed by atoms with Gasteiger partial charge in [-0.2, -0.15) is 18.3 Å². The quantitative estimate of drug-likeness (QED) is 0.241. The van der Waals surface area contributed by atoms with E-state index < -0.39 is 35.4 Å². The molecule has 37 heavy (non-hydrogen) atoms. The number of aliphatic hydroxyl groups excluding tert-OH is 2. The van der Waals surface area contributed by atoms with Crippen molar-refractivity contribution in [2.75, 3.05) is 23.0 Å². The highest BCUT2D eigenvalue weighted by molar-refractivity contribution is 6.00. The number of nitrogens with two attached hydrogens (primary N) is 1. The van der Waals surface area contributed by atoms with Crippen molar-refractivity contribution in [1.29, 1.82) is 0 Å². The normalized spacial score (nSPS) is 12.5. The smallest absolute Gasteiger partial charge is 0.396 e. The standard InChI is InChI=1S/C24H22F4N6O3/c1-12(36)20-16(8-9-35)19(21-22(29)30-11-31-34(20)21)13-2-5-15(6-3-13)32-23(37)33-18-10-14(24(26,27)28)4-7-17(18)25/h2-7,10-12,35-36H,8-9H2,1H3,(H2,29,30,31)(H2,32,33,37). The molecular formula is C24H22F4N6O3. The first-order valence-corrected chi connectivity index (χ1v) is 11.0. The van der Waals surface area contributed by atoms with Crippen LogP contribution in [0.2, 0.25) is 0 Å². The van der Waals surface area contributed by atoms with Gasteiger partial charge in [0, 0.05) is 17.9 Å². The number of anilines is 3. The number of fused-ring (bicyclic) bond motifs is 1. The molecule has 0 aliphatic rings. The molecule has 2 aromatic carbocycles. The fraction of sp³-hybridized carbons (Fsp3) is 0.208. The minimum absolute atomic E-state index is 0.154. The van der Waals surface area contributed by atoms with Gasteiger partial charge in [0.2, 0.25) is 0 Å². The second kappa shape index (κ2) is 10.0. The second-order valence-corrected chi connectivity index (χ2v) is 8.14. The fourth-order valence-electron chi connectivity index (χ4n) is 4.09. The van der Waals surface area contributed by atoms with Crippen LogP contribution in [0.5, 0.6) is 0 Å². The third-order valence-electron chi connectivity index (χ3n) is 5.63. The van der Waals surface area contributed by atoms with E-state index in [0.29, 0.717) is 46.1 Å². The Morgan fingerprint density at radius 1 is 1.16 bits per heavy atom. The third kappa shape index (κ3) is 5.17. The highest BCUT2D eigenvalue weighted by Crippen LogP contribution is 2.38. The van der Waals surface area contributed by atoms with Crippen LogP contribution in [0, 0.1) is 5.82 Å². The molecule has 0 radical (unpaired) electrons. The number of carbonyl (C=O) groups excluding carboxylic acids is 1. The molecule has 0 saturated heterocycles. The van der Waals surface area contributed by atoms with Crippen LogP contribution in [-0.4, -0.2) is 37.4 Å². The minimum atomic E-state index is -4.70. The summed E-state index contributed by atoms with van der Waals surface area (Å²) in [7, 11) is 0. The van der Waals surface area contributed by atoms with Crippen molar-refractivity contribution in [2.45, 2.75) is 25.6 Å². The first-order valence-electron chi connectivity index (χ1n) is 11.0. The zero-order valence-corrected chi connectivity index (χ0v) is 19.3. The Morgan fingerprint density at radius 3 is 2.49 bits per heavy atom. The Bertz CT molecular complexity index is 1450. The average Bonchev–Trinajstić information content (AvgIpc) is 3.16. The second-order valence-electron chi connectivity index (χ2n) is 8.14. The highest BCUT2D eigenvalue weighted by Gasteiger charge is 2.31. The van der Waals surface area contributed by atoms with E-state index >= 15 is 0 Å². The lowest BCUT2D eigenvalue weighted by molar-refractivity contribution is -0.137. The monoisotopic (exact) mass is 518 g/mol. The van der Waals surface area contributed by atoms with E-state index in [-0.39, 0.29) is 24.5 Å². The number of aliphatic hydroxyl groups is 2. The van der Waals surface area contributed by atoms with Crippen molar-refractivity contribution < 1.29 is 32.6 Å². The van der Waals surface area contributed by atoms with Crippen LogP contribution in [-0.2, 0) is 12.6 Å². The Balaban J connectivity index is 1.63. The van der Waals surface area contributed by atoms with Gasteiger partial charge in [-0.1, -0.05) is 12.1 Å². The summed E-state index contributed by atoms with van der Waals surface area (Å²) in [5, 5.41) is 28.7. The number of urea groups is 1. The van der Waals surface area contributed by atoms with Crippen molar-refractivity contribution in [3.8, 4) is 11.1 Å². The average molecular weight is 518 g/mol. The van der Waals surface area contributed by atoms with Crippen molar-refractivity contribution in [2.24, 2.45) is 0 Å². The molecule has 2 amide bonds. The van der Waals surface area contributed by atoms with E-state index in [1.165, 1.54) is 23.0 Å². The predicted molar refractivity (Wildman–Crippen MR) is 128 cm³/mol. The molecule has 1 unspecified atom stereocenters. The maximum Gasteiger partial charge on any atom is 0.416 e. The predicted octanol–water partition coefficient (Wildman–Crippen LogP) is 4.37. The van der Waals surface area contributed by atoms with Crippen molar-refractivity contribution in [3.63, 3.8) is 0 Å². The summed E-state index contributed by atoms with van der Waals surface area (Å²) >= 11 is 0. The van der Waals surface area contributed by atoms with Gasteiger partial charge in [-0.05, 0) is 54.8 Å². The summed E-state index contributed by atoms with van der Waals surface area (Å²) in [4.78, 5) is 16.4. The van der Waals surface area contributed by atoms with E-state index in [2.05, 4.69) is 20.7 Å². The van der Waals surface area contributed by atoms with Crippen molar-refractivity contribution in [3.05, 3.63) is 71.4 Å². The van der Waals surface area contributed by atoms with Gasteiger partial charge in [0.25, 0.3) is 0 Å². The largest absolute Gasteiger partial charge is 0.416 e. The molecule has 0 aliphatic carbocycles. The Labute approximate surface area is 207 Å². The van der Waals surface area contributed by atoms with Gasteiger partial charge in [-0.15, -0.1) is 0 Å². The lowest BCUT2D eigenvalue weighted by atomic mass is 9.97.